The molecule has 0 bridgehead atoms. The van der Waals surface area contributed by atoms with Crippen molar-refractivity contribution in [2.45, 2.75) is 44.2 Å². The van der Waals surface area contributed by atoms with E-state index in [1.165, 1.54) is 6.42 Å². The van der Waals surface area contributed by atoms with Crippen molar-refractivity contribution < 1.29 is 18.3 Å². The number of hydrogen-bond donors (Lipinski definition) is 3. The van der Waals surface area contributed by atoms with Gasteiger partial charge in [0.1, 0.15) is 0 Å². The maximum Gasteiger partial charge on any atom is 0.223 e. The number of amides is 1. The van der Waals surface area contributed by atoms with Crippen LogP contribution in [0.25, 0.3) is 0 Å². The molecule has 0 aromatic carbocycles. The van der Waals surface area contributed by atoms with E-state index < -0.39 is 22.0 Å². The van der Waals surface area contributed by atoms with Gasteiger partial charge in [-0.05, 0) is 12.8 Å². The number of aliphatic hydroxyl groups excluding tert-OH is 1. The average molecular weight is 304 g/mol. The predicted octanol–water partition coefficient (Wildman–Crippen LogP) is -0.570. The molecule has 1 heterocycles. The molecule has 0 radical (unpaired) electrons. The number of hydrogen-bond acceptors (Lipinski definition) is 5. The Bertz CT molecular complexity index is 432. The van der Waals surface area contributed by atoms with Crippen LogP contribution in [0.2, 0.25) is 0 Å². The van der Waals surface area contributed by atoms with E-state index in [0.29, 0.717) is 13.1 Å². The summed E-state index contributed by atoms with van der Waals surface area (Å²) in [7, 11) is -3.12. The molecule has 1 aliphatic heterocycles. The van der Waals surface area contributed by atoms with Crippen LogP contribution in [0.5, 0.6) is 0 Å². The molecule has 2 aliphatic rings. The molecule has 1 saturated heterocycles. The van der Waals surface area contributed by atoms with Gasteiger partial charge < -0.3 is 15.7 Å². The summed E-state index contributed by atoms with van der Waals surface area (Å²) in [5.41, 5.74) is 0. The first-order valence-corrected chi connectivity index (χ1v) is 9.20. The third-order valence-corrected chi connectivity index (χ3v) is 5.85. The van der Waals surface area contributed by atoms with Crippen molar-refractivity contribution >= 4 is 15.7 Å². The Balaban J connectivity index is 1.63. The maximum atomic E-state index is 11.9. The Hall–Kier alpha value is -0.660. The summed E-state index contributed by atoms with van der Waals surface area (Å²) in [4.78, 5) is 11.9. The first kappa shape index (κ1) is 15.7. The number of carbonyl (C=O) groups excluding carboxylic acids is 1. The molecule has 1 amide bonds. The highest BCUT2D eigenvalue weighted by Crippen LogP contribution is 2.23. The second-order valence-electron chi connectivity index (χ2n) is 5.83. The normalized spacial score (nSPS) is 30.2. The van der Waals surface area contributed by atoms with Gasteiger partial charge in [-0.1, -0.05) is 19.3 Å². The molecule has 3 N–H and O–H groups in total. The van der Waals surface area contributed by atoms with Crippen molar-refractivity contribution in [1.29, 1.82) is 0 Å². The Kier molecular flexibility index (Phi) is 5.40. The number of carbonyl (C=O) groups is 1. The SMILES string of the molecule is O=C(NCCN[C@@H]1CS(=O)(=O)C[C@@H]1O)C1CCCCC1. The minimum atomic E-state index is -3.12. The summed E-state index contributed by atoms with van der Waals surface area (Å²) >= 11 is 0. The summed E-state index contributed by atoms with van der Waals surface area (Å²) in [5, 5.41) is 15.5. The van der Waals surface area contributed by atoms with Crippen molar-refractivity contribution in [2.24, 2.45) is 5.92 Å². The van der Waals surface area contributed by atoms with Crippen molar-refractivity contribution in [3.05, 3.63) is 0 Å². The maximum absolute atomic E-state index is 11.9. The second-order valence-corrected chi connectivity index (χ2v) is 7.98. The largest absolute Gasteiger partial charge is 0.390 e. The fraction of sp³-hybridized carbons (Fsp3) is 0.923. The van der Waals surface area contributed by atoms with Crippen molar-refractivity contribution in [2.75, 3.05) is 24.6 Å². The van der Waals surface area contributed by atoms with Gasteiger partial charge in [0, 0.05) is 25.0 Å². The van der Waals surface area contributed by atoms with Crippen LogP contribution in [0.3, 0.4) is 0 Å². The van der Waals surface area contributed by atoms with Crippen LogP contribution in [0, 0.1) is 5.92 Å². The molecule has 0 spiro atoms. The highest BCUT2D eigenvalue weighted by atomic mass is 32.2. The smallest absolute Gasteiger partial charge is 0.223 e. The molecule has 1 saturated carbocycles. The summed E-state index contributed by atoms with van der Waals surface area (Å²) in [6.45, 7) is 0.953. The second kappa shape index (κ2) is 6.87. The van der Waals surface area contributed by atoms with E-state index in [0.717, 1.165) is 25.7 Å². The Morgan fingerprint density at radius 3 is 2.40 bits per heavy atom. The molecule has 1 aliphatic carbocycles. The van der Waals surface area contributed by atoms with Crippen molar-refractivity contribution in [3.8, 4) is 0 Å². The van der Waals surface area contributed by atoms with Gasteiger partial charge in [0.05, 0.1) is 17.6 Å². The molecular weight excluding hydrogens is 280 g/mol. The van der Waals surface area contributed by atoms with Crippen LogP contribution >= 0.6 is 0 Å². The lowest BCUT2D eigenvalue weighted by atomic mass is 9.89. The van der Waals surface area contributed by atoms with Crippen LogP contribution < -0.4 is 10.6 Å². The Morgan fingerprint density at radius 2 is 1.80 bits per heavy atom. The van der Waals surface area contributed by atoms with Crippen molar-refractivity contribution in [1.82, 2.24) is 10.6 Å². The molecule has 0 aromatic heterocycles. The number of rotatable bonds is 5. The van der Waals surface area contributed by atoms with E-state index in [1.54, 1.807) is 0 Å². The molecule has 0 unspecified atom stereocenters. The van der Waals surface area contributed by atoms with Gasteiger partial charge in [-0.3, -0.25) is 4.79 Å². The third-order valence-electron chi connectivity index (χ3n) is 4.13. The van der Waals surface area contributed by atoms with E-state index in [2.05, 4.69) is 10.6 Å². The topological polar surface area (TPSA) is 95.5 Å². The summed E-state index contributed by atoms with van der Waals surface area (Å²) in [6.07, 6.45) is 4.58. The van der Waals surface area contributed by atoms with Crippen LogP contribution in [0.1, 0.15) is 32.1 Å². The lowest BCUT2D eigenvalue weighted by Crippen LogP contribution is -2.43. The fourth-order valence-electron chi connectivity index (χ4n) is 2.98. The predicted molar refractivity (Wildman–Crippen MR) is 76.0 cm³/mol. The summed E-state index contributed by atoms with van der Waals surface area (Å²) in [6, 6.07) is -0.411. The first-order valence-electron chi connectivity index (χ1n) is 7.37. The molecule has 2 rings (SSSR count). The molecule has 116 valence electrons. The average Bonchev–Trinajstić information content (AvgIpc) is 2.68. The van der Waals surface area contributed by atoms with Crippen LogP contribution in [-0.2, 0) is 14.6 Å². The zero-order valence-electron chi connectivity index (χ0n) is 11.7. The highest BCUT2D eigenvalue weighted by Gasteiger charge is 2.35. The van der Waals surface area contributed by atoms with E-state index in [9.17, 15) is 18.3 Å². The van der Waals surface area contributed by atoms with E-state index in [4.69, 9.17) is 0 Å². The van der Waals surface area contributed by atoms with Gasteiger partial charge in [0.15, 0.2) is 9.84 Å². The zero-order chi connectivity index (χ0) is 14.6. The zero-order valence-corrected chi connectivity index (χ0v) is 12.5. The molecular formula is C13H24N2O4S. The quantitative estimate of drug-likeness (QED) is 0.591. The molecule has 6 nitrogen and oxygen atoms in total. The van der Waals surface area contributed by atoms with Crippen LogP contribution in [-0.4, -0.2) is 56.2 Å². The van der Waals surface area contributed by atoms with Gasteiger partial charge >= 0.3 is 0 Å². The van der Waals surface area contributed by atoms with Gasteiger partial charge in [0.25, 0.3) is 0 Å². The van der Waals surface area contributed by atoms with Gasteiger partial charge in [-0.25, -0.2) is 8.42 Å². The van der Waals surface area contributed by atoms with Crippen LogP contribution in [0.4, 0.5) is 0 Å². The molecule has 0 aromatic rings. The van der Waals surface area contributed by atoms with E-state index >= 15 is 0 Å². The fourth-order valence-corrected chi connectivity index (χ4v) is 4.75. The lowest BCUT2D eigenvalue weighted by molar-refractivity contribution is -0.125. The number of sulfone groups is 1. The van der Waals surface area contributed by atoms with Gasteiger partial charge in [-0.15, -0.1) is 0 Å². The Labute approximate surface area is 120 Å². The van der Waals surface area contributed by atoms with Crippen LogP contribution in [0.15, 0.2) is 0 Å². The van der Waals surface area contributed by atoms with Gasteiger partial charge in [-0.2, -0.15) is 0 Å². The van der Waals surface area contributed by atoms with Gasteiger partial charge in [0.2, 0.25) is 5.91 Å². The van der Waals surface area contributed by atoms with E-state index in [1.807, 2.05) is 0 Å². The molecule has 7 heteroatoms. The molecule has 20 heavy (non-hydrogen) atoms. The number of nitrogens with one attached hydrogen (secondary N) is 2. The summed E-state index contributed by atoms with van der Waals surface area (Å²) < 4.78 is 22.7. The Morgan fingerprint density at radius 1 is 1.10 bits per heavy atom. The highest BCUT2D eigenvalue weighted by molar-refractivity contribution is 7.91. The van der Waals surface area contributed by atoms with Crippen molar-refractivity contribution in [3.63, 3.8) is 0 Å². The molecule has 2 fully saturated rings. The minimum absolute atomic E-state index is 0.0231. The summed E-state index contributed by atoms with van der Waals surface area (Å²) in [5.74, 6) is 0.0522. The monoisotopic (exact) mass is 304 g/mol. The minimum Gasteiger partial charge on any atom is -0.390 e. The standard InChI is InChI=1S/C13H24N2O4S/c16-12-9-20(18,19)8-11(12)14-6-7-15-13(17)10-4-2-1-3-5-10/h10-12,14,16H,1-9H2,(H,15,17)/t11-,12+/m1/s1. The van der Waals surface area contributed by atoms with E-state index in [-0.39, 0.29) is 23.3 Å². The lowest BCUT2D eigenvalue weighted by Gasteiger charge is -2.21. The third kappa shape index (κ3) is 4.43. The number of aliphatic hydroxyl groups is 1. The molecule has 2 atom stereocenters. The first-order chi connectivity index (χ1) is 9.48.